The highest BCUT2D eigenvalue weighted by Gasteiger charge is 2.27. The molecule has 0 aromatic heterocycles. The van der Waals surface area contributed by atoms with Crippen molar-refractivity contribution in [3.05, 3.63) is 39.7 Å². The molecule has 0 fully saturated rings. The van der Waals surface area contributed by atoms with E-state index in [0.717, 1.165) is 12.1 Å². The fraction of sp³-hybridized carbons (Fsp3) is 0.400. The molecule has 1 rings (SSSR count). The Bertz CT molecular complexity index is 454. The third-order valence-electron chi connectivity index (χ3n) is 2.08. The largest absolute Gasteiger partial charge is 0.441 e. The average Bonchev–Trinajstić information content (AvgIpc) is 2.26. The van der Waals surface area contributed by atoms with Crippen LogP contribution in [0, 0.1) is 15.9 Å². The average molecular weight is 298 g/mol. The Kier molecular flexibility index (Phi) is 5.55. The van der Waals surface area contributed by atoms with Crippen LogP contribution in [0.3, 0.4) is 0 Å². The maximum absolute atomic E-state index is 13.2. The molecule has 0 atom stereocenters. The number of halogens is 4. The number of benzene rings is 1. The molecule has 0 heterocycles. The molecule has 0 radical (unpaired) electrons. The number of nitro benzene ring substituents is 1. The van der Waals surface area contributed by atoms with Gasteiger partial charge in [-0.3, -0.25) is 10.1 Å². The first-order valence-electron chi connectivity index (χ1n) is 5.14. The zero-order valence-corrected chi connectivity index (χ0v) is 10.4. The smallest absolute Gasteiger partial charge is 0.312 e. The lowest BCUT2D eigenvalue weighted by Gasteiger charge is -2.07. The summed E-state index contributed by atoms with van der Waals surface area (Å²) in [7, 11) is 0. The molecule has 1 aromatic carbocycles. The quantitative estimate of drug-likeness (QED) is 0.379. The monoisotopic (exact) mass is 298 g/mol. The summed E-state index contributed by atoms with van der Waals surface area (Å²) in [6.07, 6.45) is 0. The van der Waals surface area contributed by atoms with E-state index >= 15 is 0 Å². The predicted molar refractivity (Wildman–Crippen MR) is 63.3 cm³/mol. The maximum Gasteiger partial charge on any atom is 0.441 e. The number of nitrogens with one attached hydrogen (secondary N) is 1. The number of hydrogen-bond acceptors (Lipinski definition) is 4. The molecule has 0 aliphatic carbocycles. The minimum atomic E-state index is -4.26. The van der Waals surface area contributed by atoms with Gasteiger partial charge in [-0.05, 0) is 23.4 Å². The number of thioether (sulfide) groups is 1. The van der Waals surface area contributed by atoms with Crippen LogP contribution in [0.1, 0.15) is 5.56 Å². The topological polar surface area (TPSA) is 55.2 Å². The number of nitro groups is 1. The molecule has 0 aliphatic heterocycles. The zero-order valence-electron chi connectivity index (χ0n) is 9.54. The number of hydrogen-bond donors (Lipinski definition) is 1. The minimum absolute atomic E-state index is 0.1000. The molecule has 0 saturated heterocycles. The second-order valence-corrected chi connectivity index (χ2v) is 4.67. The van der Waals surface area contributed by atoms with Gasteiger partial charge >= 0.3 is 11.2 Å². The van der Waals surface area contributed by atoms with Crippen molar-refractivity contribution in [2.45, 2.75) is 12.1 Å². The molecule has 1 aromatic rings. The van der Waals surface area contributed by atoms with E-state index in [2.05, 4.69) is 5.32 Å². The first-order chi connectivity index (χ1) is 8.79. The number of nitrogens with zero attached hydrogens (tertiary/aromatic N) is 1. The van der Waals surface area contributed by atoms with Crippen molar-refractivity contribution in [2.24, 2.45) is 0 Å². The highest BCUT2D eigenvalue weighted by atomic mass is 32.2. The SMILES string of the molecule is O=[N+]([O-])c1ccc(CNCCSC(F)(F)F)cc1F. The summed E-state index contributed by atoms with van der Waals surface area (Å²) in [5.74, 6) is -1.12. The molecule has 0 unspecified atom stereocenters. The Morgan fingerprint density at radius 2 is 2.05 bits per heavy atom. The van der Waals surface area contributed by atoms with Gasteiger partial charge in [0.25, 0.3) is 0 Å². The second-order valence-electron chi connectivity index (χ2n) is 3.51. The van der Waals surface area contributed by atoms with Gasteiger partial charge < -0.3 is 5.32 Å². The van der Waals surface area contributed by atoms with E-state index in [1.54, 1.807) is 0 Å². The van der Waals surface area contributed by atoms with Gasteiger partial charge in [-0.25, -0.2) is 0 Å². The third kappa shape index (κ3) is 5.88. The Labute approximate surface area is 110 Å². The summed E-state index contributed by atoms with van der Waals surface area (Å²) in [6, 6.07) is 3.37. The van der Waals surface area contributed by atoms with Crippen LogP contribution < -0.4 is 5.32 Å². The van der Waals surface area contributed by atoms with Crippen LogP contribution in [-0.4, -0.2) is 22.7 Å². The van der Waals surface area contributed by atoms with E-state index in [0.29, 0.717) is 5.56 Å². The van der Waals surface area contributed by atoms with Gasteiger partial charge in [0.2, 0.25) is 5.82 Å². The van der Waals surface area contributed by atoms with E-state index < -0.39 is 21.9 Å². The second kappa shape index (κ2) is 6.71. The Morgan fingerprint density at radius 3 is 2.58 bits per heavy atom. The van der Waals surface area contributed by atoms with Crippen molar-refractivity contribution in [1.82, 2.24) is 5.32 Å². The molecular formula is C10H10F4N2O2S. The van der Waals surface area contributed by atoms with Gasteiger partial charge in [0, 0.05) is 24.9 Å². The van der Waals surface area contributed by atoms with Crippen LogP contribution in [-0.2, 0) is 6.54 Å². The van der Waals surface area contributed by atoms with Crippen molar-refractivity contribution in [1.29, 1.82) is 0 Å². The van der Waals surface area contributed by atoms with Crippen molar-refractivity contribution >= 4 is 17.4 Å². The van der Waals surface area contributed by atoms with E-state index in [1.165, 1.54) is 6.07 Å². The molecule has 0 saturated carbocycles. The van der Waals surface area contributed by atoms with Crippen LogP contribution in [0.2, 0.25) is 0 Å². The van der Waals surface area contributed by atoms with E-state index in [4.69, 9.17) is 0 Å². The van der Waals surface area contributed by atoms with Gasteiger partial charge in [-0.2, -0.15) is 17.6 Å². The number of rotatable bonds is 6. The van der Waals surface area contributed by atoms with Crippen LogP contribution in [0.4, 0.5) is 23.2 Å². The summed E-state index contributed by atoms with van der Waals surface area (Å²) in [5.41, 5.74) is -4.46. The molecule has 0 aliphatic rings. The first kappa shape index (κ1) is 15.7. The van der Waals surface area contributed by atoms with Crippen LogP contribution in [0.15, 0.2) is 18.2 Å². The van der Waals surface area contributed by atoms with E-state index in [-0.39, 0.29) is 30.6 Å². The summed E-state index contributed by atoms with van der Waals surface area (Å²) in [4.78, 5) is 9.53. The summed E-state index contributed by atoms with van der Waals surface area (Å²) in [5, 5.41) is 13.1. The maximum atomic E-state index is 13.2. The molecule has 106 valence electrons. The lowest BCUT2D eigenvalue weighted by Crippen LogP contribution is -2.18. The van der Waals surface area contributed by atoms with Crippen LogP contribution >= 0.6 is 11.8 Å². The molecule has 4 nitrogen and oxygen atoms in total. The van der Waals surface area contributed by atoms with Gasteiger partial charge in [0.05, 0.1) is 4.92 Å². The van der Waals surface area contributed by atoms with E-state index in [1.807, 2.05) is 0 Å². The first-order valence-corrected chi connectivity index (χ1v) is 6.12. The highest BCUT2D eigenvalue weighted by molar-refractivity contribution is 8.00. The van der Waals surface area contributed by atoms with Crippen LogP contribution in [0.25, 0.3) is 0 Å². The summed E-state index contributed by atoms with van der Waals surface area (Å²) < 4.78 is 48.6. The highest BCUT2D eigenvalue weighted by Crippen LogP contribution is 2.29. The lowest BCUT2D eigenvalue weighted by molar-refractivity contribution is -0.387. The standard InChI is InChI=1S/C10H10F4N2O2S/c11-8-5-7(1-2-9(8)16(17)18)6-15-3-4-19-10(12,13)14/h1-2,5,15H,3-4,6H2. The van der Waals surface area contributed by atoms with Gasteiger partial charge in [-0.15, -0.1) is 0 Å². The molecule has 9 heteroatoms. The van der Waals surface area contributed by atoms with Gasteiger partial charge in [0.1, 0.15) is 0 Å². The Morgan fingerprint density at radius 1 is 1.37 bits per heavy atom. The molecular weight excluding hydrogens is 288 g/mol. The zero-order chi connectivity index (χ0) is 14.5. The molecule has 19 heavy (non-hydrogen) atoms. The fourth-order valence-electron chi connectivity index (χ4n) is 1.28. The van der Waals surface area contributed by atoms with Crippen molar-refractivity contribution in [2.75, 3.05) is 12.3 Å². The molecule has 0 amide bonds. The molecule has 0 spiro atoms. The van der Waals surface area contributed by atoms with Gasteiger partial charge in [0.15, 0.2) is 0 Å². The molecule has 0 bridgehead atoms. The normalized spacial score (nSPS) is 11.6. The third-order valence-corrected chi connectivity index (χ3v) is 2.82. The summed E-state index contributed by atoms with van der Waals surface area (Å²) in [6.45, 7) is 0.246. The lowest BCUT2D eigenvalue weighted by atomic mass is 10.2. The van der Waals surface area contributed by atoms with Crippen molar-refractivity contribution < 1.29 is 22.5 Å². The van der Waals surface area contributed by atoms with Crippen molar-refractivity contribution in [3.8, 4) is 0 Å². The Balaban J connectivity index is 2.38. The summed E-state index contributed by atoms with van der Waals surface area (Å²) >= 11 is -0.148. The van der Waals surface area contributed by atoms with Crippen molar-refractivity contribution in [3.63, 3.8) is 0 Å². The van der Waals surface area contributed by atoms with E-state index in [9.17, 15) is 27.7 Å². The van der Waals surface area contributed by atoms with Gasteiger partial charge in [-0.1, -0.05) is 6.07 Å². The predicted octanol–water partition coefficient (Wildman–Crippen LogP) is 3.08. The molecule has 1 N–H and O–H groups in total. The van der Waals surface area contributed by atoms with Crippen LogP contribution in [0.5, 0.6) is 0 Å². The minimum Gasteiger partial charge on any atom is -0.312 e. The fourth-order valence-corrected chi connectivity index (χ4v) is 1.76. The Hall–Kier alpha value is -1.35. The number of alkyl halides is 3.